The van der Waals surface area contributed by atoms with Crippen molar-refractivity contribution in [3.63, 3.8) is 0 Å². The number of aliphatic imine (C=N–C) groups is 1. The SMILES string of the molecule is COc1ccc(/C=C2/N=C(SCc3ccccc3)SC2=O)cc1OC(C)=O. The lowest BCUT2D eigenvalue weighted by molar-refractivity contribution is -0.132. The van der Waals surface area contributed by atoms with E-state index in [1.54, 1.807) is 24.3 Å². The molecule has 0 atom stereocenters. The summed E-state index contributed by atoms with van der Waals surface area (Å²) in [5.41, 5.74) is 2.25. The lowest BCUT2D eigenvalue weighted by Crippen LogP contribution is -2.03. The van der Waals surface area contributed by atoms with Gasteiger partial charge in [0.25, 0.3) is 0 Å². The van der Waals surface area contributed by atoms with Crippen LogP contribution < -0.4 is 9.47 Å². The van der Waals surface area contributed by atoms with Crippen LogP contribution in [0.25, 0.3) is 6.08 Å². The lowest BCUT2D eigenvalue weighted by atomic mass is 10.1. The fraction of sp³-hybridized carbons (Fsp3) is 0.150. The zero-order valence-corrected chi connectivity index (χ0v) is 16.4. The first-order valence-corrected chi connectivity index (χ1v) is 9.91. The minimum absolute atomic E-state index is 0.101. The molecule has 0 aliphatic carbocycles. The monoisotopic (exact) mass is 399 g/mol. The molecular formula is C20H17NO4S2. The first-order chi connectivity index (χ1) is 13.0. The van der Waals surface area contributed by atoms with Gasteiger partial charge in [-0.05, 0) is 41.1 Å². The van der Waals surface area contributed by atoms with Crippen LogP contribution in [0.5, 0.6) is 11.5 Å². The van der Waals surface area contributed by atoms with E-state index < -0.39 is 5.97 Å². The van der Waals surface area contributed by atoms with Gasteiger partial charge in [0.2, 0.25) is 5.12 Å². The number of hydrogen-bond acceptors (Lipinski definition) is 7. The van der Waals surface area contributed by atoms with E-state index in [4.69, 9.17) is 9.47 Å². The summed E-state index contributed by atoms with van der Waals surface area (Å²) in [6.07, 6.45) is 1.68. The van der Waals surface area contributed by atoms with Gasteiger partial charge < -0.3 is 9.47 Å². The van der Waals surface area contributed by atoms with Crippen LogP contribution in [0.15, 0.2) is 59.2 Å². The highest BCUT2D eigenvalue weighted by Crippen LogP contribution is 2.34. The summed E-state index contributed by atoms with van der Waals surface area (Å²) in [5.74, 6) is 1.07. The first kappa shape index (κ1) is 19.3. The minimum atomic E-state index is -0.441. The van der Waals surface area contributed by atoms with Crippen molar-refractivity contribution >= 4 is 45.1 Å². The van der Waals surface area contributed by atoms with Gasteiger partial charge in [-0.15, -0.1) is 0 Å². The molecule has 0 saturated carbocycles. The highest BCUT2D eigenvalue weighted by atomic mass is 32.2. The molecule has 5 nitrogen and oxygen atoms in total. The van der Waals surface area contributed by atoms with E-state index in [2.05, 4.69) is 4.99 Å². The van der Waals surface area contributed by atoms with Crippen molar-refractivity contribution in [1.29, 1.82) is 0 Å². The van der Waals surface area contributed by atoms with Crippen LogP contribution in [0.1, 0.15) is 18.1 Å². The van der Waals surface area contributed by atoms with Gasteiger partial charge in [-0.2, -0.15) is 0 Å². The number of esters is 1. The van der Waals surface area contributed by atoms with Gasteiger partial charge in [-0.25, -0.2) is 4.99 Å². The van der Waals surface area contributed by atoms with E-state index in [-0.39, 0.29) is 5.12 Å². The van der Waals surface area contributed by atoms with E-state index in [1.807, 2.05) is 30.3 Å². The molecular weight excluding hydrogens is 382 g/mol. The zero-order valence-electron chi connectivity index (χ0n) is 14.8. The van der Waals surface area contributed by atoms with Crippen LogP contribution in [0, 0.1) is 0 Å². The molecule has 2 aromatic carbocycles. The second-order valence-corrected chi connectivity index (χ2v) is 7.76. The van der Waals surface area contributed by atoms with Crippen LogP contribution in [-0.4, -0.2) is 22.6 Å². The second kappa shape index (κ2) is 8.92. The molecule has 7 heteroatoms. The highest BCUT2D eigenvalue weighted by molar-refractivity contribution is 8.45. The average molecular weight is 399 g/mol. The van der Waals surface area contributed by atoms with Crippen LogP contribution in [0.3, 0.4) is 0 Å². The Morgan fingerprint density at radius 1 is 1.19 bits per heavy atom. The van der Waals surface area contributed by atoms with Gasteiger partial charge in [0.05, 0.1) is 7.11 Å². The molecule has 0 unspecified atom stereocenters. The van der Waals surface area contributed by atoms with Crippen molar-refractivity contribution in [2.45, 2.75) is 12.7 Å². The summed E-state index contributed by atoms with van der Waals surface area (Å²) in [5, 5.41) is -0.101. The molecule has 1 aliphatic heterocycles. The number of ether oxygens (including phenoxy) is 2. The largest absolute Gasteiger partial charge is 0.493 e. The van der Waals surface area contributed by atoms with Crippen molar-refractivity contribution in [2.75, 3.05) is 7.11 Å². The van der Waals surface area contributed by atoms with E-state index in [0.717, 1.165) is 21.9 Å². The smallest absolute Gasteiger partial charge is 0.308 e. The molecule has 0 bridgehead atoms. The first-order valence-electron chi connectivity index (χ1n) is 8.11. The number of rotatable bonds is 5. The van der Waals surface area contributed by atoms with Crippen LogP contribution >= 0.6 is 23.5 Å². The third kappa shape index (κ3) is 5.24. The van der Waals surface area contributed by atoms with E-state index in [9.17, 15) is 9.59 Å². The Balaban J connectivity index is 1.76. The maximum absolute atomic E-state index is 12.2. The van der Waals surface area contributed by atoms with Gasteiger partial charge >= 0.3 is 5.97 Å². The Bertz CT molecular complexity index is 923. The van der Waals surface area contributed by atoms with Crippen molar-refractivity contribution in [3.05, 3.63) is 65.4 Å². The maximum Gasteiger partial charge on any atom is 0.308 e. The summed E-state index contributed by atoms with van der Waals surface area (Å²) in [6.45, 7) is 1.32. The second-order valence-electron chi connectivity index (χ2n) is 5.58. The molecule has 2 aromatic rings. The molecule has 0 spiro atoms. The molecule has 3 rings (SSSR count). The number of carbonyl (C=O) groups excluding carboxylic acids is 2. The third-order valence-corrected chi connectivity index (χ3v) is 5.63. The fourth-order valence-corrected chi connectivity index (χ4v) is 4.14. The Labute approximate surface area is 165 Å². The zero-order chi connectivity index (χ0) is 19.2. The molecule has 0 radical (unpaired) electrons. The quantitative estimate of drug-likeness (QED) is 0.418. The van der Waals surface area contributed by atoms with Crippen molar-refractivity contribution in [1.82, 2.24) is 0 Å². The van der Waals surface area contributed by atoms with Crippen molar-refractivity contribution < 1.29 is 19.1 Å². The van der Waals surface area contributed by atoms with E-state index in [1.165, 1.54) is 31.4 Å². The lowest BCUT2D eigenvalue weighted by Gasteiger charge is -2.08. The van der Waals surface area contributed by atoms with Gasteiger partial charge in [-0.1, -0.05) is 48.2 Å². The van der Waals surface area contributed by atoms with Crippen LogP contribution in [0.4, 0.5) is 0 Å². The predicted molar refractivity (Wildman–Crippen MR) is 110 cm³/mol. The summed E-state index contributed by atoms with van der Waals surface area (Å²) < 4.78 is 11.1. The molecule has 138 valence electrons. The Hall–Kier alpha value is -2.51. The van der Waals surface area contributed by atoms with Gasteiger partial charge in [0.1, 0.15) is 10.1 Å². The molecule has 27 heavy (non-hydrogen) atoms. The van der Waals surface area contributed by atoms with Gasteiger partial charge in [0.15, 0.2) is 11.5 Å². The molecule has 0 saturated heterocycles. The fourth-order valence-electron chi connectivity index (χ4n) is 2.35. The minimum Gasteiger partial charge on any atom is -0.493 e. The normalized spacial score (nSPS) is 15.0. The summed E-state index contributed by atoms with van der Waals surface area (Å²) in [6, 6.07) is 15.1. The molecule has 0 aromatic heterocycles. The van der Waals surface area contributed by atoms with Crippen LogP contribution in [-0.2, 0) is 15.3 Å². The Morgan fingerprint density at radius 3 is 2.67 bits per heavy atom. The summed E-state index contributed by atoms with van der Waals surface area (Å²) >= 11 is 2.67. The number of nitrogens with zero attached hydrogens (tertiary/aromatic N) is 1. The highest BCUT2D eigenvalue weighted by Gasteiger charge is 2.22. The maximum atomic E-state index is 12.2. The molecule has 0 N–H and O–H groups in total. The van der Waals surface area contributed by atoms with E-state index in [0.29, 0.717) is 22.8 Å². The molecule has 0 fully saturated rings. The number of thioether (sulfide) groups is 2. The average Bonchev–Trinajstić information content (AvgIpc) is 3.00. The summed E-state index contributed by atoms with van der Waals surface area (Å²) in [4.78, 5) is 27.9. The standard InChI is InChI=1S/C20H17NO4S2/c1-13(22)25-18-11-15(8-9-17(18)24-2)10-16-19(23)27-20(21-16)26-12-14-6-4-3-5-7-14/h3-11H,12H2,1-2H3/b16-10+. The number of carbonyl (C=O) groups is 2. The molecule has 0 amide bonds. The topological polar surface area (TPSA) is 65.0 Å². The van der Waals surface area contributed by atoms with Gasteiger partial charge in [-0.3, -0.25) is 9.59 Å². The van der Waals surface area contributed by atoms with Crippen molar-refractivity contribution in [3.8, 4) is 11.5 Å². The van der Waals surface area contributed by atoms with Gasteiger partial charge in [0, 0.05) is 12.7 Å². The Morgan fingerprint density at radius 2 is 1.96 bits per heavy atom. The van der Waals surface area contributed by atoms with E-state index >= 15 is 0 Å². The van der Waals surface area contributed by atoms with Crippen molar-refractivity contribution in [2.24, 2.45) is 4.99 Å². The predicted octanol–water partition coefficient (Wildman–Crippen LogP) is 4.52. The van der Waals surface area contributed by atoms with Crippen LogP contribution in [0.2, 0.25) is 0 Å². The number of benzene rings is 2. The third-order valence-electron chi connectivity index (χ3n) is 3.55. The molecule has 1 heterocycles. The molecule has 1 aliphatic rings. The number of methoxy groups -OCH3 is 1. The number of hydrogen-bond donors (Lipinski definition) is 0. The summed E-state index contributed by atoms with van der Waals surface area (Å²) in [7, 11) is 1.50. The Kier molecular flexibility index (Phi) is 6.36.